The summed E-state index contributed by atoms with van der Waals surface area (Å²) in [6.45, 7) is 6.33. The van der Waals surface area contributed by atoms with Gasteiger partial charge in [0.1, 0.15) is 0 Å². The molecule has 0 saturated heterocycles. The van der Waals surface area contributed by atoms with Crippen LogP contribution in [0.25, 0.3) is 0 Å². The van der Waals surface area contributed by atoms with E-state index in [1.807, 2.05) is 5.01 Å². The molecule has 0 aromatic heterocycles. The molecule has 76 valence electrons. The first kappa shape index (κ1) is 10.7. The van der Waals surface area contributed by atoms with E-state index in [1.165, 1.54) is 19.3 Å². The molecule has 0 unspecified atom stereocenters. The maximum Gasteiger partial charge on any atom is 0.0157 e. The summed E-state index contributed by atoms with van der Waals surface area (Å²) < 4.78 is 0. The maximum absolute atomic E-state index is 5.74. The minimum absolute atomic E-state index is 0.843. The smallest absolute Gasteiger partial charge is 0.0157 e. The van der Waals surface area contributed by atoms with Gasteiger partial charge in [-0.15, -0.1) is 0 Å². The van der Waals surface area contributed by atoms with Gasteiger partial charge in [0, 0.05) is 13.1 Å². The van der Waals surface area contributed by atoms with Crippen molar-refractivity contribution in [3.63, 3.8) is 0 Å². The van der Waals surface area contributed by atoms with Gasteiger partial charge < -0.3 is 0 Å². The Morgan fingerprint density at radius 1 is 1.38 bits per heavy atom. The predicted octanol–water partition coefficient (Wildman–Crippen LogP) is 2.17. The van der Waals surface area contributed by atoms with E-state index in [0.717, 1.165) is 24.9 Å². The fourth-order valence-electron chi connectivity index (χ4n) is 1.88. The summed E-state index contributed by atoms with van der Waals surface area (Å²) in [4.78, 5) is 0. The number of hydrogen-bond acceptors (Lipinski definition) is 2. The molecule has 0 atom stereocenters. The van der Waals surface area contributed by atoms with Crippen molar-refractivity contribution in [1.82, 2.24) is 5.01 Å². The molecule has 1 rings (SSSR count). The lowest BCUT2D eigenvalue weighted by molar-refractivity contribution is 0.153. The average Bonchev–Trinajstić information content (AvgIpc) is 2.08. The molecule has 1 aliphatic rings. The highest BCUT2D eigenvalue weighted by molar-refractivity contribution is 4.95. The zero-order valence-corrected chi connectivity index (χ0v) is 8.87. The second kappa shape index (κ2) is 5.40. The third kappa shape index (κ3) is 3.49. The van der Waals surface area contributed by atoms with Crippen molar-refractivity contribution in [2.75, 3.05) is 13.1 Å². The molecule has 1 aliphatic carbocycles. The van der Waals surface area contributed by atoms with Crippen molar-refractivity contribution in [3.05, 3.63) is 12.2 Å². The summed E-state index contributed by atoms with van der Waals surface area (Å²) in [7, 11) is 0. The highest BCUT2D eigenvalue weighted by atomic mass is 15.4. The minimum atomic E-state index is 0.843. The third-order valence-electron chi connectivity index (χ3n) is 2.82. The van der Waals surface area contributed by atoms with Gasteiger partial charge >= 0.3 is 0 Å². The molecule has 2 nitrogen and oxygen atoms in total. The van der Waals surface area contributed by atoms with E-state index in [0.29, 0.717) is 0 Å². The van der Waals surface area contributed by atoms with E-state index in [9.17, 15) is 0 Å². The van der Waals surface area contributed by atoms with Crippen LogP contribution in [-0.4, -0.2) is 18.1 Å². The van der Waals surface area contributed by atoms with Gasteiger partial charge in [0.05, 0.1) is 0 Å². The summed E-state index contributed by atoms with van der Waals surface area (Å²) in [5.41, 5.74) is 0. The van der Waals surface area contributed by atoms with Gasteiger partial charge in [-0.05, 0) is 31.1 Å². The first-order chi connectivity index (χ1) is 6.26. The van der Waals surface area contributed by atoms with E-state index in [4.69, 9.17) is 5.84 Å². The minimum Gasteiger partial charge on any atom is -0.269 e. The second-order valence-electron chi connectivity index (χ2n) is 4.02. The molecule has 0 radical (unpaired) electrons. The summed E-state index contributed by atoms with van der Waals surface area (Å²) in [5.74, 6) is 7.43. The Labute approximate surface area is 81.8 Å². The van der Waals surface area contributed by atoms with Crippen LogP contribution in [0.1, 0.15) is 33.1 Å². The molecule has 1 saturated carbocycles. The molecule has 0 amide bonds. The Hall–Kier alpha value is -0.340. The first-order valence-corrected chi connectivity index (χ1v) is 5.42. The van der Waals surface area contributed by atoms with Crippen molar-refractivity contribution in [2.24, 2.45) is 17.7 Å². The van der Waals surface area contributed by atoms with Crippen molar-refractivity contribution in [3.8, 4) is 0 Å². The number of hydrogen-bond donors (Lipinski definition) is 1. The number of rotatable bonds is 5. The molecule has 0 aromatic rings. The maximum atomic E-state index is 5.74. The Morgan fingerprint density at radius 3 is 2.62 bits per heavy atom. The van der Waals surface area contributed by atoms with Crippen molar-refractivity contribution < 1.29 is 0 Å². The van der Waals surface area contributed by atoms with Gasteiger partial charge in [-0.1, -0.05) is 26.0 Å². The molecule has 2 N–H and O–H groups in total. The fraction of sp³-hybridized carbons (Fsp3) is 0.818. The van der Waals surface area contributed by atoms with Crippen LogP contribution in [0.2, 0.25) is 0 Å². The zero-order valence-electron chi connectivity index (χ0n) is 8.87. The van der Waals surface area contributed by atoms with Gasteiger partial charge in [-0.2, -0.15) is 0 Å². The average molecular weight is 182 g/mol. The molecular weight excluding hydrogens is 160 g/mol. The van der Waals surface area contributed by atoms with Crippen LogP contribution in [-0.2, 0) is 0 Å². The number of nitrogens with zero attached hydrogens (tertiary/aromatic N) is 1. The number of allylic oxidation sites excluding steroid dienone is 2. The van der Waals surface area contributed by atoms with Crippen LogP contribution in [0.5, 0.6) is 0 Å². The van der Waals surface area contributed by atoms with Crippen LogP contribution < -0.4 is 5.84 Å². The van der Waals surface area contributed by atoms with Gasteiger partial charge in [0.2, 0.25) is 0 Å². The molecule has 0 aromatic carbocycles. The summed E-state index contributed by atoms with van der Waals surface area (Å²) in [5, 5.41) is 1.92. The molecule has 2 heteroatoms. The normalized spacial score (nSPS) is 28.3. The van der Waals surface area contributed by atoms with E-state index in [2.05, 4.69) is 26.0 Å². The van der Waals surface area contributed by atoms with Crippen LogP contribution in [0.3, 0.4) is 0 Å². The number of nitrogens with two attached hydrogens (primary N) is 1. The molecule has 13 heavy (non-hydrogen) atoms. The SMILES string of the molecule is CC/C=C\C1CC(CN(N)CC)C1. The standard InChI is InChI=1S/C11H22N2/c1-3-5-6-10-7-11(8-10)9-13(12)4-2/h5-6,10-11H,3-4,7-9,12H2,1-2H3/b6-5-. The Balaban J connectivity index is 2.08. The van der Waals surface area contributed by atoms with Gasteiger partial charge in [-0.3, -0.25) is 5.84 Å². The third-order valence-corrected chi connectivity index (χ3v) is 2.82. The van der Waals surface area contributed by atoms with Crippen LogP contribution in [0.15, 0.2) is 12.2 Å². The summed E-state index contributed by atoms with van der Waals surface area (Å²) in [6.07, 6.45) is 8.48. The van der Waals surface area contributed by atoms with Crippen molar-refractivity contribution >= 4 is 0 Å². The molecule has 1 fully saturated rings. The van der Waals surface area contributed by atoms with E-state index >= 15 is 0 Å². The van der Waals surface area contributed by atoms with Crippen molar-refractivity contribution in [1.29, 1.82) is 0 Å². The van der Waals surface area contributed by atoms with Crippen LogP contribution in [0, 0.1) is 11.8 Å². The van der Waals surface area contributed by atoms with E-state index in [-0.39, 0.29) is 0 Å². The second-order valence-corrected chi connectivity index (χ2v) is 4.02. The van der Waals surface area contributed by atoms with E-state index in [1.54, 1.807) is 0 Å². The van der Waals surface area contributed by atoms with Crippen LogP contribution in [0.4, 0.5) is 0 Å². The lowest BCUT2D eigenvalue weighted by Crippen LogP contribution is -2.39. The monoisotopic (exact) mass is 182 g/mol. The molecular formula is C11H22N2. The Kier molecular flexibility index (Phi) is 4.46. The summed E-state index contributed by atoms with van der Waals surface area (Å²) >= 11 is 0. The summed E-state index contributed by atoms with van der Waals surface area (Å²) in [6, 6.07) is 0. The topological polar surface area (TPSA) is 29.3 Å². The van der Waals surface area contributed by atoms with Gasteiger partial charge in [-0.25, -0.2) is 5.01 Å². The Bertz CT molecular complexity index is 159. The molecule has 0 spiro atoms. The zero-order chi connectivity index (χ0) is 9.68. The highest BCUT2D eigenvalue weighted by Gasteiger charge is 2.27. The number of hydrazine groups is 1. The lowest BCUT2D eigenvalue weighted by Gasteiger charge is -2.35. The van der Waals surface area contributed by atoms with E-state index < -0.39 is 0 Å². The molecule has 0 bridgehead atoms. The van der Waals surface area contributed by atoms with Crippen molar-refractivity contribution in [2.45, 2.75) is 33.1 Å². The fourth-order valence-corrected chi connectivity index (χ4v) is 1.88. The first-order valence-electron chi connectivity index (χ1n) is 5.42. The molecule has 0 aliphatic heterocycles. The highest BCUT2D eigenvalue weighted by Crippen LogP contribution is 2.34. The Morgan fingerprint density at radius 2 is 2.08 bits per heavy atom. The largest absolute Gasteiger partial charge is 0.269 e. The quantitative estimate of drug-likeness (QED) is 0.401. The van der Waals surface area contributed by atoms with Crippen LogP contribution >= 0.6 is 0 Å². The van der Waals surface area contributed by atoms with Gasteiger partial charge in [0.15, 0.2) is 0 Å². The lowest BCUT2D eigenvalue weighted by atomic mass is 9.74. The molecule has 0 heterocycles. The predicted molar refractivity (Wildman–Crippen MR) is 57.1 cm³/mol. The van der Waals surface area contributed by atoms with Gasteiger partial charge in [0.25, 0.3) is 0 Å².